The Balaban J connectivity index is 2.99. The minimum atomic E-state index is -0.944. The molecule has 0 saturated heterocycles. The van der Waals surface area contributed by atoms with E-state index in [0.717, 1.165) is 5.56 Å². The Hall–Kier alpha value is -0.710. The Kier molecular flexibility index (Phi) is 5.31. The van der Waals surface area contributed by atoms with Gasteiger partial charge in [0.05, 0.1) is 6.10 Å². The summed E-state index contributed by atoms with van der Waals surface area (Å²) in [6, 6.07) is 5.59. The van der Waals surface area contributed by atoms with Gasteiger partial charge in [0.15, 0.2) is 0 Å². The van der Waals surface area contributed by atoms with Crippen LogP contribution in [-0.2, 0) is 0 Å². The summed E-state index contributed by atoms with van der Waals surface area (Å²) in [4.78, 5) is 0. The fourth-order valence-electron chi connectivity index (χ4n) is 1.71. The first-order chi connectivity index (χ1) is 7.97. The summed E-state index contributed by atoms with van der Waals surface area (Å²) in [6.07, 6.45) is -1.33. The van der Waals surface area contributed by atoms with Crippen molar-refractivity contribution in [2.45, 2.75) is 38.4 Å². The summed E-state index contributed by atoms with van der Waals surface area (Å²) < 4.78 is 0. The van der Waals surface area contributed by atoms with Crippen molar-refractivity contribution in [3.05, 3.63) is 29.3 Å². The molecule has 0 aromatic heterocycles. The summed E-state index contributed by atoms with van der Waals surface area (Å²) in [7, 11) is 0. The van der Waals surface area contributed by atoms with E-state index in [9.17, 15) is 10.2 Å². The number of anilines is 1. The Bertz CT molecular complexity index is 368. The van der Waals surface area contributed by atoms with Crippen LogP contribution in [0.4, 0.5) is 5.69 Å². The third-order valence-corrected chi connectivity index (χ3v) is 3.14. The molecule has 17 heavy (non-hydrogen) atoms. The van der Waals surface area contributed by atoms with E-state index in [0.29, 0.717) is 29.3 Å². The van der Waals surface area contributed by atoms with Crippen molar-refractivity contribution in [1.82, 2.24) is 0 Å². The van der Waals surface area contributed by atoms with Gasteiger partial charge in [0.1, 0.15) is 6.10 Å². The second-order valence-corrected chi connectivity index (χ2v) is 5.01. The summed E-state index contributed by atoms with van der Waals surface area (Å²) in [5, 5.41) is 19.8. The molecule has 0 radical (unpaired) electrons. The molecule has 4 N–H and O–H groups in total. The van der Waals surface area contributed by atoms with Crippen LogP contribution in [0, 0.1) is 0 Å². The molecule has 2 unspecified atom stereocenters. The Morgan fingerprint density at radius 3 is 2.47 bits per heavy atom. The van der Waals surface area contributed by atoms with Crippen LogP contribution in [0.5, 0.6) is 0 Å². The van der Waals surface area contributed by atoms with Crippen LogP contribution in [0.1, 0.15) is 43.4 Å². The predicted octanol–water partition coefficient (Wildman–Crippen LogP) is 2.11. The molecule has 0 spiro atoms. The second-order valence-electron chi connectivity index (χ2n) is 4.57. The van der Waals surface area contributed by atoms with Gasteiger partial charge in [-0.1, -0.05) is 26.0 Å². The molecule has 0 aliphatic rings. The van der Waals surface area contributed by atoms with Crippen LogP contribution in [0.25, 0.3) is 0 Å². The summed E-state index contributed by atoms with van der Waals surface area (Å²) in [6.45, 7) is 4.15. The van der Waals surface area contributed by atoms with Crippen molar-refractivity contribution in [3.8, 4) is 0 Å². The van der Waals surface area contributed by atoms with Crippen LogP contribution in [0.3, 0.4) is 0 Å². The van der Waals surface area contributed by atoms with Crippen molar-refractivity contribution < 1.29 is 10.2 Å². The van der Waals surface area contributed by atoms with Crippen LogP contribution >= 0.6 is 12.6 Å². The third kappa shape index (κ3) is 3.63. The number of aliphatic hydroxyl groups is 2. The van der Waals surface area contributed by atoms with E-state index in [4.69, 9.17) is 5.73 Å². The van der Waals surface area contributed by atoms with Gasteiger partial charge in [-0.25, -0.2) is 0 Å². The van der Waals surface area contributed by atoms with Crippen LogP contribution in [0.15, 0.2) is 18.2 Å². The lowest BCUT2D eigenvalue weighted by Gasteiger charge is -2.20. The Labute approximate surface area is 108 Å². The highest BCUT2D eigenvalue weighted by Crippen LogP contribution is 2.28. The molecule has 1 rings (SSSR count). The zero-order valence-corrected chi connectivity index (χ0v) is 11.2. The SMILES string of the molecule is CC(C)c1ccc(N)c(C(O)C(O)CCS)c1. The first-order valence-corrected chi connectivity index (χ1v) is 6.47. The van der Waals surface area contributed by atoms with E-state index >= 15 is 0 Å². The van der Waals surface area contributed by atoms with Gasteiger partial charge < -0.3 is 15.9 Å². The molecule has 0 amide bonds. The molecular weight excluding hydrogens is 234 g/mol. The zero-order valence-electron chi connectivity index (χ0n) is 10.3. The molecule has 0 saturated carbocycles. The van der Waals surface area contributed by atoms with Gasteiger partial charge in [0, 0.05) is 11.3 Å². The minimum absolute atomic E-state index is 0.364. The van der Waals surface area contributed by atoms with E-state index in [2.05, 4.69) is 26.5 Å². The Morgan fingerprint density at radius 2 is 1.94 bits per heavy atom. The summed E-state index contributed by atoms with van der Waals surface area (Å²) >= 11 is 4.04. The maximum Gasteiger partial charge on any atom is 0.107 e. The third-order valence-electron chi connectivity index (χ3n) is 2.89. The lowest BCUT2D eigenvalue weighted by atomic mass is 9.95. The van der Waals surface area contributed by atoms with E-state index < -0.39 is 12.2 Å². The topological polar surface area (TPSA) is 66.5 Å². The monoisotopic (exact) mass is 255 g/mol. The van der Waals surface area contributed by atoms with Crippen LogP contribution in [0.2, 0.25) is 0 Å². The molecule has 0 heterocycles. The number of aliphatic hydroxyl groups excluding tert-OH is 2. The van der Waals surface area contributed by atoms with Crippen LogP contribution in [-0.4, -0.2) is 22.1 Å². The molecule has 2 atom stereocenters. The van der Waals surface area contributed by atoms with Gasteiger partial charge in [-0.2, -0.15) is 12.6 Å². The maximum atomic E-state index is 10.0. The first-order valence-electron chi connectivity index (χ1n) is 5.83. The lowest BCUT2D eigenvalue weighted by Crippen LogP contribution is -2.20. The van der Waals surface area contributed by atoms with Crippen molar-refractivity contribution in [3.63, 3.8) is 0 Å². The number of nitrogen functional groups attached to an aromatic ring is 1. The highest BCUT2D eigenvalue weighted by atomic mass is 32.1. The van der Waals surface area contributed by atoms with Gasteiger partial charge in [0.25, 0.3) is 0 Å². The molecule has 0 aliphatic carbocycles. The quantitative estimate of drug-likeness (QED) is 0.481. The molecule has 0 fully saturated rings. The number of hydrogen-bond acceptors (Lipinski definition) is 4. The Morgan fingerprint density at radius 1 is 1.29 bits per heavy atom. The van der Waals surface area contributed by atoms with Crippen molar-refractivity contribution >= 4 is 18.3 Å². The van der Waals surface area contributed by atoms with Crippen molar-refractivity contribution in [1.29, 1.82) is 0 Å². The molecule has 1 aromatic carbocycles. The smallest absolute Gasteiger partial charge is 0.107 e. The average Bonchev–Trinajstić information content (AvgIpc) is 2.28. The fourth-order valence-corrected chi connectivity index (χ4v) is 1.97. The van der Waals surface area contributed by atoms with E-state index in [1.807, 2.05) is 12.1 Å². The number of nitrogens with two attached hydrogens (primary N) is 1. The number of benzene rings is 1. The van der Waals surface area contributed by atoms with Crippen molar-refractivity contribution in [2.75, 3.05) is 11.5 Å². The van der Waals surface area contributed by atoms with Gasteiger partial charge in [0.2, 0.25) is 0 Å². The first kappa shape index (κ1) is 14.4. The highest BCUT2D eigenvalue weighted by Gasteiger charge is 2.20. The van der Waals surface area contributed by atoms with Gasteiger partial charge in [-0.15, -0.1) is 0 Å². The second kappa shape index (κ2) is 6.28. The molecule has 96 valence electrons. The van der Waals surface area contributed by atoms with Gasteiger partial charge >= 0.3 is 0 Å². The molecule has 0 bridgehead atoms. The number of rotatable bonds is 5. The van der Waals surface area contributed by atoms with Crippen molar-refractivity contribution in [2.24, 2.45) is 0 Å². The molecule has 3 nitrogen and oxygen atoms in total. The molecular formula is C13H21NO2S. The minimum Gasteiger partial charge on any atom is -0.398 e. The fraction of sp³-hybridized carbons (Fsp3) is 0.538. The normalized spacial score (nSPS) is 14.9. The van der Waals surface area contributed by atoms with E-state index in [-0.39, 0.29) is 0 Å². The number of hydrogen-bond donors (Lipinski definition) is 4. The average molecular weight is 255 g/mol. The van der Waals surface area contributed by atoms with Crippen LogP contribution < -0.4 is 5.73 Å². The predicted molar refractivity (Wildman–Crippen MR) is 74.4 cm³/mol. The van der Waals surface area contributed by atoms with Gasteiger partial charge in [-0.05, 0) is 29.7 Å². The van der Waals surface area contributed by atoms with E-state index in [1.54, 1.807) is 6.07 Å². The lowest BCUT2D eigenvalue weighted by molar-refractivity contribution is 0.0176. The molecule has 1 aromatic rings. The standard InChI is InChI=1S/C13H21NO2S/c1-8(2)9-3-4-11(14)10(7-9)13(16)12(15)5-6-17/h3-4,7-8,12-13,15-17H,5-6,14H2,1-2H3. The maximum absolute atomic E-state index is 10.0. The molecule has 0 aliphatic heterocycles. The summed E-state index contributed by atoms with van der Waals surface area (Å²) in [5.41, 5.74) is 8.05. The summed E-state index contributed by atoms with van der Waals surface area (Å²) in [5.74, 6) is 0.894. The van der Waals surface area contributed by atoms with E-state index in [1.165, 1.54) is 0 Å². The highest BCUT2D eigenvalue weighted by molar-refractivity contribution is 7.80. The zero-order chi connectivity index (χ0) is 13.0. The largest absolute Gasteiger partial charge is 0.398 e. The molecule has 4 heteroatoms. The number of thiol groups is 1. The van der Waals surface area contributed by atoms with Gasteiger partial charge in [-0.3, -0.25) is 0 Å².